The maximum absolute atomic E-state index is 13.2. The predicted molar refractivity (Wildman–Crippen MR) is 144 cm³/mol. The Morgan fingerprint density at radius 2 is 1.74 bits per heavy atom. The molecule has 7 nitrogen and oxygen atoms in total. The summed E-state index contributed by atoms with van der Waals surface area (Å²) in [6.07, 6.45) is 4.65. The van der Waals surface area contributed by atoms with Gasteiger partial charge in [-0.25, -0.2) is 0 Å². The fraction of sp³-hybridized carbons (Fsp3) is 0.538. The number of nitrogens with one attached hydrogen (secondary N) is 2. The van der Waals surface area contributed by atoms with Gasteiger partial charge in [-0.1, -0.05) is 15.9 Å². The molecule has 0 atom stereocenters. The van der Waals surface area contributed by atoms with Crippen LogP contribution in [0.25, 0.3) is 0 Å². The minimum Gasteiger partial charge on any atom is -0.394 e. The number of hydrogen-bond donors (Lipinski definition) is 3. The van der Waals surface area contributed by atoms with Crippen LogP contribution in [0.3, 0.4) is 0 Å². The Bertz CT molecular complexity index is 1100. The molecule has 1 aliphatic rings. The van der Waals surface area contributed by atoms with Crippen molar-refractivity contribution < 1.29 is 4.79 Å². The Kier molecular flexibility index (Phi) is 8.47. The number of aromatic amines is 1. The van der Waals surface area contributed by atoms with Crippen LogP contribution in [-0.2, 0) is 6.54 Å². The van der Waals surface area contributed by atoms with Crippen LogP contribution in [0.4, 0.5) is 11.4 Å². The molecule has 0 unspecified atom stereocenters. The molecule has 1 aromatic heterocycles. The van der Waals surface area contributed by atoms with Crippen molar-refractivity contribution in [3.05, 3.63) is 54.9 Å². The van der Waals surface area contributed by atoms with Gasteiger partial charge in [-0.3, -0.25) is 9.59 Å². The number of amides is 1. The van der Waals surface area contributed by atoms with Crippen LogP contribution < -0.4 is 21.4 Å². The summed E-state index contributed by atoms with van der Waals surface area (Å²) in [7, 11) is 4.32. The second-order valence-electron chi connectivity index (χ2n) is 9.59. The molecular weight excluding hydrogens is 494 g/mol. The highest BCUT2D eigenvalue weighted by molar-refractivity contribution is 9.10. The Balaban J connectivity index is 1.83. The molecule has 1 saturated carbocycles. The molecule has 1 fully saturated rings. The number of pyridine rings is 1. The average molecular weight is 533 g/mol. The molecule has 4 N–H and O–H groups in total. The maximum atomic E-state index is 13.2. The van der Waals surface area contributed by atoms with Gasteiger partial charge in [-0.05, 0) is 85.2 Å². The SMILES string of the molecule is CCN(c1cc(Br)cc(C(=O)NCc2c(C)[nH]c(C)c(N)c2=O)c1C)C1CCC(N(C)C)CC1. The molecule has 0 saturated heterocycles. The third-order valence-corrected chi connectivity index (χ3v) is 7.71. The van der Waals surface area contributed by atoms with Crippen molar-refractivity contribution in [2.75, 3.05) is 31.3 Å². The number of aryl methyl sites for hydroxylation is 2. The number of halogens is 1. The number of rotatable bonds is 7. The number of carbonyl (C=O) groups excluding carboxylic acids is 1. The Hall–Kier alpha value is -2.32. The first-order chi connectivity index (χ1) is 16.0. The van der Waals surface area contributed by atoms with Gasteiger partial charge in [0, 0.05) is 57.8 Å². The number of H-pyrrole nitrogens is 1. The summed E-state index contributed by atoms with van der Waals surface area (Å²) in [5.41, 5.74) is 10.4. The summed E-state index contributed by atoms with van der Waals surface area (Å²) in [6.45, 7) is 8.78. The van der Waals surface area contributed by atoms with Crippen molar-refractivity contribution >= 4 is 33.2 Å². The molecule has 1 aliphatic carbocycles. The first-order valence-electron chi connectivity index (χ1n) is 12.0. The van der Waals surface area contributed by atoms with E-state index in [-0.39, 0.29) is 23.6 Å². The molecule has 2 aromatic rings. The second-order valence-corrected chi connectivity index (χ2v) is 10.5. The van der Waals surface area contributed by atoms with E-state index in [0.29, 0.717) is 34.6 Å². The number of nitrogens with two attached hydrogens (primary N) is 1. The van der Waals surface area contributed by atoms with Gasteiger partial charge in [-0.15, -0.1) is 0 Å². The largest absolute Gasteiger partial charge is 0.394 e. The minimum atomic E-state index is -0.230. The van der Waals surface area contributed by atoms with Crippen LogP contribution in [0, 0.1) is 20.8 Å². The van der Waals surface area contributed by atoms with Crippen LogP contribution in [-0.4, -0.2) is 48.5 Å². The summed E-state index contributed by atoms with van der Waals surface area (Å²) in [5, 5.41) is 2.93. The smallest absolute Gasteiger partial charge is 0.251 e. The molecule has 34 heavy (non-hydrogen) atoms. The molecule has 0 radical (unpaired) electrons. The van der Waals surface area contributed by atoms with Crippen LogP contribution in [0.15, 0.2) is 21.4 Å². The van der Waals surface area contributed by atoms with Gasteiger partial charge in [-0.2, -0.15) is 0 Å². The van der Waals surface area contributed by atoms with Crippen molar-refractivity contribution in [2.24, 2.45) is 0 Å². The van der Waals surface area contributed by atoms with Crippen molar-refractivity contribution in [2.45, 2.75) is 72.0 Å². The zero-order chi connectivity index (χ0) is 25.2. The molecule has 8 heteroatoms. The van der Waals surface area contributed by atoms with Crippen molar-refractivity contribution in [1.29, 1.82) is 0 Å². The van der Waals surface area contributed by atoms with Gasteiger partial charge >= 0.3 is 0 Å². The first kappa shape index (κ1) is 26.3. The highest BCUT2D eigenvalue weighted by Gasteiger charge is 2.28. The zero-order valence-corrected chi connectivity index (χ0v) is 22.8. The van der Waals surface area contributed by atoms with E-state index in [1.54, 1.807) is 6.92 Å². The van der Waals surface area contributed by atoms with Gasteiger partial charge in [0.15, 0.2) is 0 Å². The number of anilines is 2. The molecule has 3 rings (SSSR count). The summed E-state index contributed by atoms with van der Waals surface area (Å²) in [4.78, 5) is 33.7. The number of hydrogen-bond acceptors (Lipinski definition) is 5. The van der Waals surface area contributed by atoms with Crippen LogP contribution in [0.1, 0.15) is 65.5 Å². The minimum absolute atomic E-state index is 0.123. The topological polar surface area (TPSA) is 94.5 Å². The summed E-state index contributed by atoms with van der Waals surface area (Å²) < 4.78 is 0.868. The van der Waals surface area contributed by atoms with Gasteiger partial charge in [0.2, 0.25) is 5.43 Å². The van der Waals surface area contributed by atoms with Gasteiger partial charge in [0.1, 0.15) is 0 Å². The van der Waals surface area contributed by atoms with Crippen molar-refractivity contribution in [3.8, 4) is 0 Å². The van der Waals surface area contributed by atoms with Gasteiger partial charge in [0.25, 0.3) is 5.91 Å². The van der Waals surface area contributed by atoms with Crippen LogP contribution >= 0.6 is 15.9 Å². The van der Waals surface area contributed by atoms with Gasteiger partial charge in [0.05, 0.1) is 5.69 Å². The van der Waals surface area contributed by atoms with E-state index in [9.17, 15) is 9.59 Å². The van der Waals surface area contributed by atoms with E-state index in [2.05, 4.69) is 63.1 Å². The fourth-order valence-corrected chi connectivity index (χ4v) is 5.56. The maximum Gasteiger partial charge on any atom is 0.251 e. The highest BCUT2D eigenvalue weighted by atomic mass is 79.9. The molecule has 1 amide bonds. The quantitative estimate of drug-likeness (QED) is 0.495. The summed E-state index contributed by atoms with van der Waals surface area (Å²) in [5.74, 6) is -0.203. The average Bonchev–Trinajstić information content (AvgIpc) is 2.80. The molecular formula is C26H38BrN5O2. The summed E-state index contributed by atoms with van der Waals surface area (Å²) in [6, 6.07) is 5.07. The molecule has 186 valence electrons. The third-order valence-electron chi connectivity index (χ3n) is 7.25. The normalized spacial score (nSPS) is 18.2. The Morgan fingerprint density at radius 3 is 2.32 bits per heavy atom. The van der Waals surface area contributed by atoms with E-state index >= 15 is 0 Å². The number of nitrogen functional groups attached to an aromatic ring is 1. The van der Waals surface area contributed by atoms with E-state index in [1.807, 2.05) is 19.9 Å². The monoisotopic (exact) mass is 531 g/mol. The second kappa shape index (κ2) is 11.0. The van der Waals surface area contributed by atoms with Crippen molar-refractivity contribution in [3.63, 3.8) is 0 Å². The standard InChI is InChI=1S/C26H38BrN5O2/c1-7-32(20-10-8-19(9-11-20)31(5)6)23-13-18(27)12-21(15(23)2)26(34)29-14-22-16(3)30-17(4)24(28)25(22)33/h12-13,19-20H,7-11,14,28H2,1-6H3,(H,29,34)(H,30,33). The van der Waals surface area contributed by atoms with E-state index < -0.39 is 0 Å². The Labute approximate surface area is 211 Å². The molecule has 0 spiro atoms. The number of carbonyl (C=O) groups is 1. The number of nitrogens with zero attached hydrogens (tertiary/aromatic N) is 2. The lowest BCUT2D eigenvalue weighted by atomic mass is 9.89. The van der Waals surface area contributed by atoms with Gasteiger partial charge < -0.3 is 25.8 Å². The lowest BCUT2D eigenvalue weighted by molar-refractivity contribution is 0.0950. The molecule has 1 heterocycles. The van der Waals surface area contributed by atoms with E-state index in [0.717, 1.165) is 35.1 Å². The summed E-state index contributed by atoms with van der Waals surface area (Å²) >= 11 is 3.62. The lowest BCUT2D eigenvalue weighted by Crippen LogP contribution is -2.42. The van der Waals surface area contributed by atoms with Crippen molar-refractivity contribution in [1.82, 2.24) is 15.2 Å². The first-order valence-corrected chi connectivity index (χ1v) is 12.8. The molecule has 1 aromatic carbocycles. The van der Waals surface area contributed by atoms with E-state index in [1.165, 1.54) is 12.8 Å². The predicted octanol–water partition coefficient (Wildman–Crippen LogP) is 4.27. The Morgan fingerprint density at radius 1 is 1.12 bits per heavy atom. The lowest BCUT2D eigenvalue weighted by Gasteiger charge is -2.40. The van der Waals surface area contributed by atoms with Crippen LogP contribution in [0.2, 0.25) is 0 Å². The fourth-order valence-electron chi connectivity index (χ4n) is 5.11. The third kappa shape index (κ3) is 5.49. The van der Waals surface area contributed by atoms with Crippen LogP contribution in [0.5, 0.6) is 0 Å². The number of aromatic nitrogens is 1. The molecule has 0 aliphatic heterocycles. The zero-order valence-electron chi connectivity index (χ0n) is 21.2. The molecule has 0 bridgehead atoms. The number of benzene rings is 1. The highest BCUT2D eigenvalue weighted by Crippen LogP contribution is 2.34. The van der Waals surface area contributed by atoms with E-state index in [4.69, 9.17) is 5.73 Å².